The van der Waals surface area contributed by atoms with Crippen molar-refractivity contribution in [3.63, 3.8) is 0 Å². The fourth-order valence-electron chi connectivity index (χ4n) is 2.36. The largest absolute Gasteiger partial charge is 0.328 e. The third kappa shape index (κ3) is 2.70. The molecule has 2 aromatic rings. The number of hydrogen-bond donors (Lipinski definition) is 2. The lowest BCUT2D eigenvalue weighted by Crippen LogP contribution is -2.17. The fraction of sp³-hybridized carbons (Fsp3) is 0.214. The predicted octanol–water partition coefficient (Wildman–Crippen LogP) is 2.25. The Kier molecular flexibility index (Phi) is 3.10. The van der Waals surface area contributed by atoms with Crippen LogP contribution in [0.1, 0.15) is 24.3 Å². The Balaban J connectivity index is 1.78. The summed E-state index contributed by atoms with van der Waals surface area (Å²) in [5.74, 6) is 0.930. The summed E-state index contributed by atoms with van der Waals surface area (Å²) in [6.45, 7) is 0. The Morgan fingerprint density at radius 2 is 2.05 bits per heavy atom. The number of benzene rings is 1. The summed E-state index contributed by atoms with van der Waals surface area (Å²) in [6.07, 6.45) is 4.45. The van der Waals surface area contributed by atoms with E-state index in [9.17, 15) is 4.79 Å². The lowest BCUT2D eigenvalue weighted by atomic mass is 9.85. The lowest BCUT2D eigenvalue weighted by molar-refractivity contribution is -0.115. The van der Waals surface area contributed by atoms with Gasteiger partial charge in [0.05, 0.1) is 0 Å². The number of allylic oxidation sites excluding steroid dienone is 2. The molecule has 19 heavy (non-hydrogen) atoms. The molecule has 1 aliphatic carbocycles. The summed E-state index contributed by atoms with van der Waals surface area (Å²) in [4.78, 5) is 15.8. The topological polar surface area (TPSA) is 70.7 Å². The van der Waals surface area contributed by atoms with Crippen LogP contribution in [0.3, 0.4) is 0 Å². The second-order valence-corrected chi connectivity index (χ2v) is 4.61. The number of nitrogens with one attached hydrogen (secondary N) is 2. The van der Waals surface area contributed by atoms with Crippen LogP contribution >= 0.6 is 0 Å². The predicted molar refractivity (Wildman–Crippen MR) is 71.5 cm³/mol. The van der Waals surface area contributed by atoms with Gasteiger partial charge in [-0.15, -0.1) is 0 Å². The number of aromatic nitrogens is 3. The molecular formula is C14H14N4O. The highest BCUT2D eigenvalue weighted by atomic mass is 16.1. The van der Waals surface area contributed by atoms with Gasteiger partial charge >= 0.3 is 0 Å². The van der Waals surface area contributed by atoms with E-state index in [1.165, 1.54) is 11.9 Å². The van der Waals surface area contributed by atoms with Crippen molar-refractivity contribution in [1.29, 1.82) is 0 Å². The van der Waals surface area contributed by atoms with Crippen LogP contribution in [0.2, 0.25) is 0 Å². The summed E-state index contributed by atoms with van der Waals surface area (Å²) in [6, 6.07) is 10.1. The van der Waals surface area contributed by atoms with Crippen LogP contribution in [0.4, 0.5) is 5.95 Å². The van der Waals surface area contributed by atoms with Gasteiger partial charge in [-0.25, -0.2) is 5.10 Å². The average molecular weight is 254 g/mol. The van der Waals surface area contributed by atoms with Gasteiger partial charge in [0.25, 0.3) is 0 Å². The van der Waals surface area contributed by atoms with Gasteiger partial charge in [0.2, 0.25) is 5.95 Å². The van der Waals surface area contributed by atoms with Crippen LogP contribution in [0, 0.1) is 0 Å². The normalized spacial score (nSPS) is 19.1. The van der Waals surface area contributed by atoms with Crippen molar-refractivity contribution < 1.29 is 4.79 Å². The number of hydrogen-bond acceptors (Lipinski definition) is 4. The van der Waals surface area contributed by atoms with E-state index in [1.807, 2.05) is 18.2 Å². The smallest absolute Gasteiger partial charge is 0.222 e. The van der Waals surface area contributed by atoms with Crippen LogP contribution in [0.15, 0.2) is 48.4 Å². The number of carbonyl (C=O) groups excluding carboxylic acids is 1. The Hall–Kier alpha value is -2.43. The van der Waals surface area contributed by atoms with E-state index in [4.69, 9.17) is 0 Å². The molecule has 0 radical (unpaired) electrons. The third-order valence-electron chi connectivity index (χ3n) is 3.21. The summed E-state index contributed by atoms with van der Waals surface area (Å²) >= 11 is 0. The van der Waals surface area contributed by atoms with E-state index in [-0.39, 0.29) is 11.7 Å². The molecule has 0 bridgehead atoms. The highest BCUT2D eigenvalue weighted by Crippen LogP contribution is 2.31. The minimum atomic E-state index is 0.141. The number of aromatic amines is 1. The van der Waals surface area contributed by atoms with Gasteiger partial charge in [0, 0.05) is 18.2 Å². The third-order valence-corrected chi connectivity index (χ3v) is 3.21. The number of carbonyl (C=O) groups is 1. The molecule has 2 N–H and O–H groups in total. The maximum atomic E-state index is 11.8. The van der Waals surface area contributed by atoms with Gasteiger partial charge < -0.3 is 5.32 Å². The molecule has 3 rings (SSSR count). The number of rotatable bonds is 3. The minimum absolute atomic E-state index is 0.141. The van der Waals surface area contributed by atoms with Crippen LogP contribution in [0.25, 0.3) is 0 Å². The minimum Gasteiger partial charge on any atom is -0.328 e. The van der Waals surface area contributed by atoms with Crippen molar-refractivity contribution in [3.05, 3.63) is 54.0 Å². The van der Waals surface area contributed by atoms with Crippen molar-refractivity contribution in [2.24, 2.45) is 0 Å². The number of ketones is 1. The molecule has 0 amide bonds. The van der Waals surface area contributed by atoms with E-state index < -0.39 is 0 Å². The second-order valence-electron chi connectivity index (χ2n) is 4.61. The average Bonchev–Trinajstić information content (AvgIpc) is 2.92. The van der Waals surface area contributed by atoms with E-state index >= 15 is 0 Å². The van der Waals surface area contributed by atoms with Gasteiger partial charge in [0.15, 0.2) is 5.78 Å². The quantitative estimate of drug-likeness (QED) is 0.881. The Labute approximate surface area is 110 Å². The molecule has 1 atom stereocenters. The molecule has 1 aromatic heterocycles. The van der Waals surface area contributed by atoms with Gasteiger partial charge in [-0.05, 0) is 17.9 Å². The zero-order valence-electron chi connectivity index (χ0n) is 10.3. The van der Waals surface area contributed by atoms with Crippen molar-refractivity contribution in [2.45, 2.75) is 18.8 Å². The van der Waals surface area contributed by atoms with Gasteiger partial charge in [-0.2, -0.15) is 10.1 Å². The zero-order chi connectivity index (χ0) is 13.1. The van der Waals surface area contributed by atoms with Crippen LogP contribution < -0.4 is 5.32 Å². The van der Waals surface area contributed by atoms with Gasteiger partial charge in [0.1, 0.15) is 6.33 Å². The molecular weight excluding hydrogens is 240 g/mol. The molecule has 5 heteroatoms. The van der Waals surface area contributed by atoms with Gasteiger partial charge in [-0.3, -0.25) is 4.79 Å². The first kappa shape index (κ1) is 11.6. The Morgan fingerprint density at radius 1 is 1.21 bits per heavy atom. The van der Waals surface area contributed by atoms with Crippen molar-refractivity contribution in [2.75, 3.05) is 5.32 Å². The zero-order valence-corrected chi connectivity index (χ0v) is 10.3. The highest BCUT2D eigenvalue weighted by Gasteiger charge is 2.22. The standard InChI is InChI=1S/C14H14N4O/c19-13-7-11(10-4-2-1-3-5-10)6-12(8-13)17-14-15-9-16-18-14/h1-5,8-9,11H,6-7H2,(H2,15,16,17,18)/t11-/m0/s1. The monoisotopic (exact) mass is 254 g/mol. The van der Waals surface area contributed by atoms with E-state index in [0.717, 1.165) is 12.1 Å². The molecule has 1 aliphatic rings. The first-order chi connectivity index (χ1) is 9.31. The van der Waals surface area contributed by atoms with E-state index in [2.05, 4.69) is 32.6 Å². The molecule has 96 valence electrons. The molecule has 5 nitrogen and oxygen atoms in total. The van der Waals surface area contributed by atoms with Gasteiger partial charge in [-0.1, -0.05) is 30.3 Å². The summed E-state index contributed by atoms with van der Waals surface area (Å²) in [5, 5.41) is 9.60. The first-order valence-corrected chi connectivity index (χ1v) is 6.22. The first-order valence-electron chi connectivity index (χ1n) is 6.22. The van der Waals surface area contributed by atoms with E-state index in [1.54, 1.807) is 6.08 Å². The van der Waals surface area contributed by atoms with Crippen LogP contribution in [-0.4, -0.2) is 21.0 Å². The second kappa shape index (κ2) is 5.06. The maximum absolute atomic E-state index is 11.8. The number of nitrogens with zero attached hydrogens (tertiary/aromatic N) is 2. The summed E-state index contributed by atoms with van der Waals surface area (Å²) < 4.78 is 0. The van der Waals surface area contributed by atoms with Crippen LogP contribution in [0.5, 0.6) is 0 Å². The van der Waals surface area contributed by atoms with E-state index in [0.29, 0.717) is 12.4 Å². The number of anilines is 1. The summed E-state index contributed by atoms with van der Waals surface area (Å²) in [5.41, 5.74) is 2.07. The molecule has 1 aromatic carbocycles. The summed E-state index contributed by atoms with van der Waals surface area (Å²) in [7, 11) is 0. The number of H-pyrrole nitrogens is 1. The van der Waals surface area contributed by atoms with Crippen LogP contribution in [-0.2, 0) is 4.79 Å². The molecule has 0 aliphatic heterocycles. The van der Waals surface area contributed by atoms with Crippen molar-refractivity contribution in [1.82, 2.24) is 15.2 Å². The fourth-order valence-corrected chi connectivity index (χ4v) is 2.36. The van der Waals surface area contributed by atoms with Crippen molar-refractivity contribution in [3.8, 4) is 0 Å². The maximum Gasteiger partial charge on any atom is 0.222 e. The molecule has 0 saturated heterocycles. The molecule has 1 heterocycles. The van der Waals surface area contributed by atoms with Crippen molar-refractivity contribution >= 4 is 11.7 Å². The molecule has 0 fully saturated rings. The lowest BCUT2D eigenvalue weighted by Gasteiger charge is -2.22. The highest BCUT2D eigenvalue weighted by molar-refractivity contribution is 5.92. The SMILES string of the molecule is O=C1C=C(Nc2ncn[nH]2)C[C@H](c2ccccc2)C1. The Bertz CT molecular complexity index is 589. The molecule has 0 saturated carbocycles. The molecule has 0 spiro atoms. The molecule has 0 unspecified atom stereocenters. The Morgan fingerprint density at radius 3 is 2.79 bits per heavy atom.